The van der Waals surface area contributed by atoms with E-state index >= 15 is 0 Å². The van der Waals surface area contributed by atoms with Crippen LogP contribution >= 0.6 is 11.6 Å². The summed E-state index contributed by atoms with van der Waals surface area (Å²) in [5.74, 6) is -3.87. The third-order valence-corrected chi connectivity index (χ3v) is 7.39. The number of morpholine rings is 1. The van der Waals surface area contributed by atoms with Gasteiger partial charge in [-0.15, -0.1) is 0 Å². The number of nitrogens with two attached hydrogens (primary N) is 1. The number of carbonyl (C=O) groups is 4. The van der Waals surface area contributed by atoms with Gasteiger partial charge in [0, 0.05) is 60.0 Å². The van der Waals surface area contributed by atoms with Crippen LogP contribution in [0.15, 0.2) is 59.4 Å². The average Bonchev–Trinajstić information content (AvgIpc) is 2.99. The van der Waals surface area contributed by atoms with Gasteiger partial charge in [-0.3, -0.25) is 24.1 Å². The van der Waals surface area contributed by atoms with Crippen LogP contribution in [0.25, 0.3) is 10.9 Å². The lowest BCUT2D eigenvalue weighted by Crippen LogP contribution is -2.58. The van der Waals surface area contributed by atoms with Gasteiger partial charge in [0.05, 0.1) is 13.2 Å². The lowest BCUT2D eigenvalue weighted by Gasteiger charge is -2.34. The number of carboxylic acids is 3. The monoisotopic (exact) mass is 630 g/mol. The van der Waals surface area contributed by atoms with Crippen molar-refractivity contribution in [2.24, 2.45) is 5.73 Å². The molecule has 4 rings (SSSR count). The van der Waals surface area contributed by atoms with E-state index in [2.05, 4.69) is 15.2 Å². The molecule has 14 heteroatoms. The Morgan fingerprint density at radius 1 is 1.05 bits per heavy atom. The highest BCUT2D eigenvalue weighted by atomic mass is 35.5. The van der Waals surface area contributed by atoms with E-state index in [1.807, 2.05) is 12.1 Å². The molecular formula is C30H35ClN4O9. The molecule has 1 aliphatic rings. The first-order chi connectivity index (χ1) is 20.9. The molecule has 1 aromatic heterocycles. The van der Waals surface area contributed by atoms with Crippen molar-refractivity contribution in [1.29, 1.82) is 0 Å². The Bertz CT molecular complexity index is 1520. The van der Waals surface area contributed by atoms with Crippen molar-refractivity contribution >= 4 is 46.3 Å². The summed E-state index contributed by atoms with van der Waals surface area (Å²) in [6.45, 7) is 2.99. The van der Waals surface area contributed by atoms with Crippen LogP contribution in [0.5, 0.6) is 0 Å². The van der Waals surface area contributed by atoms with E-state index in [1.54, 1.807) is 36.4 Å². The van der Waals surface area contributed by atoms with Crippen LogP contribution < -0.4 is 16.6 Å². The highest BCUT2D eigenvalue weighted by Crippen LogP contribution is 2.25. The van der Waals surface area contributed by atoms with Crippen LogP contribution in [-0.4, -0.2) is 93.4 Å². The van der Waals surface area contributed by atoms with Crippen molar-refractivity contribution in [2.75, 3.05) is 32.8 Å². The molecule has 0 saturated carbocycles. The molecule has 2 unspecified atom stereocenters. The first kappa shape index (κ1) is 34.2. The van der Waals surface area contributed by atoms with Crippen molar-refractivity contribution in [3.63, 3.8) is 0 Å². The standard InChI is InChI=1S/C25H26ClN3O5.C5H9NO4/c26-19-7-5-17(6-8-19)23(31)28-25(24(32)33,9-10-29-11-13-34-14-12-29)16-18-15-22(30)27-21-4-2-1-3-20(18)21;6-3(5(9)10)1-2-4(7)8/h1-8,15H,9-14,16H2,(H,27,30)(H,28,31)(H,32,33);3H,1-2,6H2,(H,7,8)(H,9,10). The number of hydrogen-bond acceptors (Lipinski definition) is 8. The molecular weight excluding hydrogens is 596 g/mol. The SMILES string of the molecule is NC(CCC(=O)O)C(=O)O.O=C(NC(CCN1CCOCC1)(Cc1cc(=O)[nH]c2ccccc12)C(=O)O)c1ccc(Cl)cc1. The molecule has 1 amide bonds. The number of benzene rings is 2. The summed E-state index contributed by atoms with van der Waals surface area (Å²) in [7, 11) is 0. The van der Waals surface area contributed by atoms with E-state index in [4.69, 9.17) is 32.3 Å². The fourth-order valence-electron chi connectivity index (χ4n) is 4.65. The Labute approximate surface area is 257 Å². The van der Waals surface area contributed by atoms with Gasteiger partial charge in [0.1, 0.15) is 11.6 Å². The van der Waals surface area contributed by atoms with Crippen molar-refractivity contribution in [3.05, 3.63) is 81.1 Å². The molecule has 0 spiro atoms. The van der Waals surface area contributed by atoms with Gasteiger partial charge in [0.25, 0.3) is 5.91 Å². The van der Waals surface area contributed by atoms with Gasteiger partial charge in [-0.25, -0.2) is 4.79 Å². The molecule has 0 bridgehead atoms. The molecule has 1 aliphatic heterocycles. The normalized spacial score (nSPS) is 15.3. The molecule has 3 aromatic rings. The largest absolute Gasteiger partial charge is 0.481 e. The highest BCUT2D eigenvalue weighted by Gasteiger charge is 2.41. The zero-order valence-electron chi connectivity index (χ0n) is 23.8. The summed E-state index contributed by atoms with van der Waals surface area (Å²) in [6.07, 6.45) is -0.114. The smallest absolute Gasteiger partial charge is 0.329 e. The maximum atomic E-state index is 13.1. The number of aromatic amines is 1. The van der Waals surface area contributed by atoms with Gasteiger partial charge in [0.15, 0.2) is 0 Å². The molecule has 2 atom stereocenters. The number of fused-ring (bicyclic) bond motifs is 1. The molecule has 1 fully saturated rings. The van der Waals surface area contributed by atoms with Crippen molar-refractivity contribution in [1.82, 2.24) is 15.2 Å². The van der Waals surface area contributed by atoms with Crippen LogP contribution in [0.1, 0.15) is 35.2 Å². The number of carbonyl (C=O) groups excluding carboxylic acids is 1. The van der Waals surface area contributed by atoms with Gasteiger partial charge in [-0.2, -0.15) is 0 Å². The molecule has 7 N–H and O–H groups in total. The summed E-state index contributed by atoms with van der Waals surface area (Å²) in [4.78, 5) is 63.0. The van der Waals surface area contributed by atoms with E-state index in [0.717, 1.165) is 5.39 Å². The Morgan fingerprint density at radius 3 is 2.32 bits per heavy atom. The fourth-order valence-corrected chi connectivity index (χ4v) is 4.77. The number of pyridine rings is 1. The van der Waals surface area contributed by atoms with Crippen molar-refractivity contribution in [2.45, 2.75) is 37.3 Å². The number of nitrogens with zero attached hydrogens (tertiary/aromatic N) is 1. The van der Waals surface area contributed by atoms with Crippen LogP contribution in [0.4, 0.5) is 0 Å². The van der Waals surface area contributed by atoms with Crippen LogP contribution in [0.3, 0.4) is 0 Å². The number of carboxylic acid groups (broad SMARTS) is 3. The summed E-state index contributed by atoms with van der Waals surface area (Å²) < 4.78 is 5.39. The van der Waals surface area contributed by atoms with E-state index in [0.29, 0.717) is 54.5 Å². The Balaban J connectivity index is 0.000000456. The minimum Gasteiger partial charge on any atom is -0.481 e. The maximum Gasteiger partial charge on any atom is 0.329 e. The predicted octanol–water partition coefficient (Wildman–Crippen LogP) is 1.96. The lowest BCUT2D eigenvalue weighted by atomic mass is 9.85. The quantitative estimate of drug-likeness (QED) is 0.170. The van der Waals surface area contributed by atoms with E-state index < -0.39 is 35.4 Å². The summed E-state index contributed by atoms with van der Waals surface area (Å²) in [5, 5.41) is 30.7. The molecule has 2 heterocycles. The number of H-pyrrole nitrogens is 1. The van der Waals surface area contributed by atoms with Crippen molar-refractivity contribution < 1.29 is 39.2 Å². The van der Waals surface area contributed by atoms with Crippen molar-refractivity contribution in [3.8, 4) is 0 Å². The fraction of sp³-hybridized carbons (Fsp3) is 0.367. The topological polar surface area (TPSA) is 212 Å². The third kappa shape index (κ3) is 9.88. The predicted molar refractivity (Wildman–Crippen MR) is 162 cm³/mol. The average molecular weight is 631 g/mol. The number of aromatic nitrogens is 1. The highest BCUT2D eigenvalue weighted by molar-refractivity contribution is 6.30. The second-order valence-electron chi connectivity index (χ2n) is 10.3. The Hall–Kier alpha value is -4.30. The van der Waals surface area contributed by atoms with Crippen LogP contribution in [-0.2, 0) is 25.5 Å². The molecule has 1 saturated heterocycles. The van der Waals surface area contributed by atoms with Gasteiger partial charge < -0.3 is 36.1 Å². The summed E-state index contributed by atoms with van der Waals surface area (Å²) >= 11 is 5.94. The number of amides is 1. The number of ether oxygens (including phenoxy) is 1. The van der Waals surface area contributed by atoms with Gasteiger partial charge >= 0.3 is 17.9 Å². The first-order valence-corrected chi connectivity index (χ1v) is 14.2. The first-order valence-electron chi connectivity index (χ1n) is 13.8. The minimum absolute atomic E-state index is 0.0231. The second-order valence-corrected chi connectivity index (χ2v) is 10.7. The second kappa shape index (κ2) is 16.0. The van der Waals surface area contributed by atoms with E-state index in [1.165, 1.54) is 6.07 Å². The van der Waals surface area contributed by atoms with Crippen LogP contribution in [0, 0.1) is 0 Å². The molecule has 0 aliphatic carbocycles. The summed E-state index contributed by atoms with van der Waals surface area (Å²) in [6, 6.07) is 13.8. The zero-order chi connectivity index (χ0) is 32.3. The van der Waals surface area contributed by atoms with E-state index in [9.17, 15) is 29.1 Å². The number of nitrogens with one attached hydrogen (secondary N) is 2. The number of para-hydroxylation sites is 1. The number of rotatable bonds is 12. The van der Waals surface area contributed by atoms with Gasteiger partial charge in [-0.1, -0.05) is 29.8 Å². The molecule has 44 heavy (non-hydrogen) atoms. The van der Waals surface area contributed by atoms with Crippen LogP contribution in [0.2, 0.25) is 5.02 Å². The zero-order valence-corrected chi connectivity index (χ0v) is 24.6. The maximum absolute atomic E-state index is 13.1. The number of hydrogen-bond donors (Lipinski definition) is 6. The number of aliphatic carboxylic acids is 3. The lowest BCUT2D eigenvalue weighted by molar-refractivity contribution is -0.145. The third-order valence-electron chi connectivity index (χ3n) is 7.14. The molecule has 13 nitrogen and oxygen atoms in total. The molecule has 236 valence electrons. The minimum atomic E-state index is -1.63. The van der Waals surface area contributed by atoms with E-state index in [-0.39, 0.29) is 31.2 Å². The Morgan fingerprint density at radius 2 is 1.70 bits per heavy atom. The Kier molecular flexibility index (Phi) is 12.4. The van der Waals surface area contributed by atoms with Gasteiger partial charge in [0.2, 0.25) is 5.56 Å². The number of halogens is 1. The van der Waals surface area contributed by atoms with Gasteiger partial charge in [-0.05, 0) is 48.7 Å². The summed E-state index contributed by atoms with van der Waals surface area (Å²) in [5.41, 5.74) is 4.51. The molecule has 0 radical (unpaired) electrons. The molecule has 2 aromatic carbocycles.